The van der Waals surface area contributed by atoms with Crippen molar-refractivity contribution in [3.05, 3.63) is 67.9 Å². The van der Waals surface area contributed by atoms with Gasteiger partial charge in [-0.3, -0.25) is 4.79 Å². The molecule has 2 atom stereocenters. The van der Waals surface area contributed by atoms with Crippen LogP contribution in [0.1, 0.15) is 52.9 Å². The summed E-state index contributed by atoms with van der Waals surface area (Å²) in [5.74, 6) is -0.309. The number of nitrogens with zero attached hydrogens (tertiary/aromatic N) is 1. The molecule has 0 aliphatic carbocycles. The van der Waals surface area contributed by atoms with E-state index in [9.17, 15) is 19.1 Å². The first kappa shape index (κ1) is 21.4. The molecule has 2 aromatic rings. The summed E-state index contributed by atoms with van der Waals surface area (Å²) < 4.78 is 21.1. The Bertz CT molecular complexity index is 1140. The molecule has 0 saturated heterocycles. The minimum atomic E-state index is -1.43. The van der Waals surface area contributed by atoms with Crippen LogP contribution in [0.4, 0.5) is 10.1 Å². The number of ether oxygens (including phenoxy) is 1. The molecule has 8 heteroatoms. The Morgan fingerprint density at radius 3 is 2.87 bits per heavy atom. The van der Waals surface area contributed by atoms with Crippen LogP contribution < -0.4 is 16.6 Å². The van der Waals surface area contributed by atoms with Gasteiger partial charge in [-0.1, -0.05) is 0 Å². The normalized spacial score (nSPS) is 17.6. The average molecular weight is 427 g/mol. The largest absolute Gasteiger partial charge is 0.381 e. The second kappa shape index (κ2) is 8.37. The van der Waals surface area contributed by atoms with Crippen LogP contribution in [0.3, 0.4) is 0 Å². The van der Waals surface area contributed by atoms with Gasteiger partial charge in [-0.05, 0) is 61.2 Å². The highest BCUT2D eigenvalue weighted by molar-refractivity contribution is 5.84. The predicted octanol–water partition coefficient (Wildman–Crippen LogP) is 2.35. The molecule has 0 spiro atoms. The maximum atomic E-state index is 14.3. The van der Waals surface area contributed by atoms with Crippen LogP contribution in [0.15, 0.2) is 28.6 Å². The molecule has 4 N–H and O–H groups in total. The molecular formula is C23H26FN3O4. The van der Waals surface area contributed by atoms with Gasteiger partial charge in [-0.25, -0.2) is 4.39 Å². The van der Waals surface area contributed by atoms with Crippen LogP contribution in [-0.2, 0) is 22.7 Å². The van der Waals surface area contributed by atoms with Crippen molar-refractivity contribution >= 4 is 17.5 Å². The number of nitrogens with one attached hydrogen (secondary N) is 1. The molecule has 1 aromatic carbocycles. The van der Waals surface area contributed by atoms with Crippen LogP contribution in [-0.4, -0.2) is 29.6 Å². The molecule has 3 heterocycles. The fourth-order valence-corrected chi connectivity index (χ4v) is 4.58. The van der Waals surface area contributed by atoms with Gasteiger partial charge < -0.3 is 30.3 Å². The fourth-order valence-electron chi connectivity index (χ4n) is 4.58. The molecular weight excluding hydrogens is 401 g/mol. The molecule has 0 saturated carbocycles. The summed E-state index contributed by atoms with van der Waals surface area (Å²) in [7, 11) is 1.46. The molecule has 0 fully saturated rings. The summed E-state index contributed by atoms with van der Waals surface area (Å²) in [5, 5.41) is 13.6. The van der Waals surface area contributed by atoms with Crippen molar-refractivity contribution in [2.24, 2.45) is 5.73 Å². The Morgan fingerprint density at radius 1 is 1.42 bits per heavy atom. The van der Waals surface area contributed by atoms with Crippen molar-refractivity contribution in [3.8, 4) is 0 Å². The molecule has 0 amide bonds. The Morgan fingerprint density at radius 2 is 2.19 bits per heavy atom. The van der Waals surface area contributed by atoms with E-state index in [1.54, 1.807) is 17.6 Å². The fraction of sp³-hybridized carbons (Fsp3) is 0.391. The SMILES string of the molecule is COCc1c(C(O)C=O)cc2n(c1=O)CC1=C(CCCN)c3cc(C)c(F)cc3NC12. The number of benzene rings is 1. The molecule has 0 radical (unpaired) electrons. The van der Waals surface area contributed by atoms with E-state index in [4.69, 9.17) is 10.5 Å². The third kappa shape index (κ3) is 3.50. The number of methoxy groups -OCH3 is 1. The number of aromatic nitrogens is 1. The van der Waals surface area contributed by atoms with Crippen LogP contribution in [0.2, 0.25) is 0 Å². The van der Waals surface area contributed by atoms with Gasteiger partial charge in [-0.15, -0.1) is 0 Å². The zero-order chi connectivity index (χ0) is 22.3. The summed E-state index contributed by atoms with van der Waals surface area (Å²) >= 11 is 0. The van der Waals surface area contributed by atoms with Gasteiger partial charge in [0, 0.05) is 41.7 Å². The molecule has 31 heavy (non-hydrogen) atoms. The number of pyridine rings is 1. The standard InChI is InChI=1S/C23H26FN3O4/c1-12-6-14-13(4-3-5-25)16-9-27-20(22(16)26-19(14)8-18(12)24)7-15(21(29)10-28)17(11-31-2)23(27)30/h6-8,10,21-22,26,29H,3-5,9,11,25H2,1-2H3. The summed E-state index contributed by atoms with van der Waals surface area (Å²) in [4.78, 5) is 24.5. The summed E-state index contributed by atoms with van der Waals surface area (Å²) in [6, 6.07) is 4.63. The first-order valence-electron chi connectivity index (χ1n) is 10.3. The summed E-state index contributed by atoms with van der Waals surface area (Å²) in [6.45, 7) is 2.60. The van der Waals surface area contributed by atoms with E-state index in [-0.39, 0.29) is 35.2 Å². The van der Waals surface area contributed by atoms with Crippen molar-refractivity contribution in [2.75, 3.05) is 19.0 Å². The van der Waals surface area contributed by atoms with E-state index in [1.165, 1.54) is 13.2 Å². The quantitative estimate of drug-likeness (QED) is 0.586. The third-order valence-corrected chi connectivity index (χ3v) is 6.12. The number of rotatable bonds is 7. The smallest absolute Gasteiger partial charge is 0.257 e. The number of aldehydes is 1. The molecule has 2 aliphatic rings. The molecule has 1 aromatic heterocycles. The first-order valence-corrected chi connectivity index (χ1v) is 10.3. The highest BCUT2D eigenvalue weighted by atomic mass is 19.1. The summed E-state index contributed by atoms with van der Waals surface area (Å²) in [5.41, 5.74) is 10.8. The monoisotopic (exact) mass is 427 g/mol. The van der Waals surface area contributed by atoms with Gasteiger partial charge in [-0.2, -0.15) is 0 Å². The molecule has 164 valence electrons. The zero-order valence-electron chi connectivity index (χ0n) is 17.6. The number of halogens is 1. The lowest BCUT2D eigenvalue weighted by Crippen LogP contribution is -2.27. The van der Waals surface area contributed by atoms with Crippen molar-refractivity contribution in [3.63, 3.8) is 0 Å². The second-order valence-electron chi connectivity index (χ2n) is 8.03. The molecule has 2 aliphatic heterocycles. The number of nitrogens with two attached hydrogens (primary N) is 1. The predicted molar refractivity (Wildman–Crippen MR) is 115 cm³/mol. The number of fused-ring (bicyclic) bond motifs is 4. The van der Waals surface area contributed by atoms with Gasteiger partial charge in [0.15, 0.2) is 6.29 Å². The van der Waals surface area contributed by atoms with E-state index < -0.39 is 6.10 Å². The van der Waals surface area contributed by atoms with Crippen LogP contribution in [0, 0.1) is 12.7 Å². The number of allylic oxidation sites excluding steroid dienone is 1. The minimum absolute atomic E-state index is 0.0127. The third-order valence-electron chi connectivity index (χ3n) is 6.12. The lowest BCUT2D eigenvalue weighted by molar-refractivity contribution is -0.115. The van der Waals surface area contributed by atoms with Crippen molar-refractivity contribution in [1.82, 2.24) is 4.57 Å². The second-order valence-corrected chi connectivity index (χ2v) is 8.03. The maximum Gasteiger partial charge on any atom is 0.257 e. The van der Waals surface area contributed by atoms with Gasteiger partial charge in [0.05, 0.1) is 12.6 Å². The highest BCUT2D eigenvalue weighted by Gasteiger charge is 2.37. The number of carbonyl (C=O) groups excluding carboxylic acids is 1. The van der Waals surface area contributed by atoms with E-state index in [1.807, 2.05) is 6.07 Å². The Labute approximate surface area is 179 Å². The van der Waals surface area contributed by atoms with E-state index >= 15 is 0 Å². The minimum Gasteiger partial charge on any atom is -0.381 e. The summed E-state index contributed by atoms with van der Waals surface area (Å²) in [6.07, 6.45) is 0.436. The van der Waals surface area contributed by atoms with Crippen molar-refractivity contribution < 1.29 is 19.0 Å². The Kier molecular flexibility index (Phi) is 5.79. The number of hydrogen-bond donors (Lipinski definition) is 3. The van der Waals surface area contributed by atoms with E-state index in [0.29, 0.717) is 42.7 Å². The zero-order valence-corrected chi connectivity index (χ0v) is 17.6. The maximum absolute atomic E-state index is 14.3. The van der Waals surface area contributed by atoms with Gasteiger partial charge in [0.25, 0.3) is 5.56 Å². The lowest BCUT2D eigenvalue weighted by Gasteiger charge is -2.29. The molecule has 7 nitrogen and oxygen atoms in total. The van der Waals surface area contributed by atoms with E-state index in [2.05, 4.69) is 5.32 Å². The number of anilines is 1. The van der Waals surface area contributed by atoms with Crippen LogP contribution in [0.5, 0.6) is 0 Å². The lowest BCUT2D eigenvalue weighted by atomic mass is 9.86. The van der Waals surface area contributed by atoms with Crippen molar-refractivity contribution in [1.29, 1.82) is 0 Å². The number of aryl methyl sites for hydroxylation is 1. The Balaban J connectivity index is 1.93. The number of carbonyl (C=O) groups is 1. The van der Waals surface area contributed by atoms with E-state index in [0.717, 1.165) is 23.1 Å². The first-order chi connectivity index (χ1) is 14.9. The number of aliphatic hydroxyl groups excluding tert-OH is 1. The highest BCUT2D eigenvalue weighted by Crippen LogP contribution is 2.46. The molecule has 2 unspecified atom stereocenters. The van der Waals surface area contributed by atoms with Gasteiger partial charge in [0.2, 0.25) is 0 Å². The molecule has 0 bridgehead atoms. The average Bonchev–Trinajstić information content (AvgIpc) is 3.12. The van der Waals surface area contributed by atoms with Crippen LogP contribution in [0.25, 0.3) is 5.57 Å². The number of aliphatic hydroxyl groups is 1. The van der Waals surface area contributed by atoms with Crippen LogP contribution >= 0.6 is 0 Å². The number of hydrogen-bond acceptors (Lipinski definition) is 6. The van der Waals surface area contributed by atoms with Crippen molar-refractivity contribution in [2.45, 2.75) is 45.1 Å². The topological polar surface area (TPSA) is 107 Å². The van der Waals surface area contributed by atoms with Gasteiger partial charge >= 0.3 is 0 Å². The van der Waals surface area contributed by atoms with Gasteiger partial charge in [0.1, 0.15) is 11.9 Å². The Hall–Kier alpha value is -2.81. The molecule has 4 rings (SSSR count).